The van der Waals surface area contributed by atoms with E-state index in [1.54, 1.807) is 30.5 Å². The van der Waals surface area contributed by atoms with Gasteiger partial charge in [0, 0.05) is 22.5 Å². The quantitative estimate of drug-likeness (QED) is 0.667. The molecule has 0 atom stereocenters. The third-order valence-corrected chi connectivity index (χ3v) is 3.98. The molecule has 0 aliphatic rings. The second-order valence-corrected chi connectivity index (χ2v) is 5.54. The van der Waals surface area contributed by atoms with E-state index in [1.165, 1.54) is 6.07 Å². The standard InChI is InChI=1S/C18H11ClN2O2/c1-10-7-12(20-2)4-6-13(10)17-15-8-11(18(22)23)3-5-14(15)16(19)9-21-17/h3-9H,1H3,(H,22,23). The van der Waals surface area contributed by atoms with E-state index in [-0.39, 0.29) is 5.56 Å². The summed E-state index contributed by atoms with van der Waals surface area (Å²) in [6.45, 7) is 8.97. The van der Waals surface area contributed by atoms with Crippen molar-refractivity contribution in [1.82, 2.24) is 4.98 Å². The number of carbonyl (C=O) groups is 1. The van der Waals surface area contributed by atoms with Crippen molar-refractivity contribution in [2.45, 2.75) is 6.92 Å². The van der Waals surface area contributed by atoms with Gasteiger partial charge in [-0.05, 0) is 19.1 Å². The molecule has 112 valence electrons. The van der Waals surface area contributed by atoms with E-state index in [9.17, 15) is 9.90 Å². The van der Waals surface area contributed by atoms with Crippen molar-refractivity contribution in [3.05, 3.63) is 70.2 Å². The molecule has 0 radical (unpaired) electrons. The number of aromatic nitrogens is 1. The number of hydrogen-bond acceptors (Lipinski definition) is 2. The number of nitrogens with zero attached hydrogens (tertiary/aromatic N) is 2. The van der Waals surface area contributed by atoms with Crippen molar-refractivity contribution in [2.75, 3.05) is 0 Å². The molecule has 0 aliphatic heterocycles. The molecule has 0 unspecified atom stereocenters. The molecule has 3 rings (SSSR count). The van der Waals surface area contributed by atoms with Gasteiger partial charge in [-0.2, -0.15) is 0 Å². The summed E-state index contributed by atoms with van der Waals surface area (Å²) in [5, 5.41) is 11.1. The summed E-state index contributed by atoms with van der Waals surface area (Å²) in [4.78, 5) is 19.0. The lowest BCUT2D eigenvalue weighted by Crippen LogP contribution is -1.97. The van der Waals surface area contributed by atoms with Crippen LogP contribution in [-0.4, -0.2) is 16.1 Å². The summed E-state index contributed by atoms with van der Waals surface area (Å²) < 4.78 is 0. The first-order chi connectivity index (χ1) is 11.0. The summed E-state index contributed by atoms with van der Waals surface area (Å²) in [5.74, 6) is -1.00. The lowest BCUT2D eigenvalue weighted by atomic mass is 9.98. The summed E-state index contributed by atoms with van der Waals surface area (Å²) in [6, 6.07) is 10.1. The zero-order chi connectivity index (χ0) is 16.6. The van der Waals surface area contributed by atoms with Crippen LogP contribution in [0.2, 0.25) is 5.02 Å². The Morgan fingerprint density at radius 1 is 1.22 bits per heavy atom. The molecule has 3 aromatic rings. The van der Waals surface area contributed by atoms with Crippen molar-refractivity contribution in [3.63, 3.8) is 0 Å². The van der Waals surface area contributed by atoms with Gasteiger partial charge in [0.2, 0.25) is 0 Å². The molecule has 1 heterocycles. The van der Waals surface area contributed by atoms with Gasteiger partial charge in [0.05, 0.1) is 22.9 Å². The van der Waals surface area contributed by atoms with Crippen molar-refractivity contribution < 1.29 is 9.90 Å². The topological polar surface area (TPSA) is 54.5 Å². The molecular weight excluding hydrogens is 312 g/mol. The maximum absolute atomic E-state index is 11.2. The van der Waals surface area contributed by atoms with E-state index in [0.29, 0.717) is 21.8 Å². The second kappa shape index (κ2) is 5.71. The van der Waals surface area contributed by atoms with Crippen molar-refractivity contribution >= 4 is 34.0 Å². The van der Waals surface area contributed by atoms with Crippen LogP contribution in [0.25, 0.3) is 26.9 Å². The lowest BCUT2D eigenvalue weighted by Gasteiger charge is -2.11. The highest BCUT2D eigenvalue weighted by atomic mass is 35.5. The van der Waals surface area contributed by atoms with Gasteiger partial charge >= 0.3 is 5.97 Å². The van der Waals surface area contributed by atoms with Crippen molar-refractivity contribution in [2.24, 2.45) is 0 Å². The molecule has 1 aromatic heterocycles. The van der Waals surface area contributed by atoms with Crippen molar-refractivity contribution in [1.29, 1.82) is 0 Å². The first kappa shape index (κ1) is 15.0. The average Bonchev–Trinajstić information content (AvgIpc) is 2.55. The minimum atomic E-state index is -1.00. The highest BCUT2D eigenvalue weighted by molar-refractivity contribution is 6.35. The molecule has 0 spiro atoms. The molecule has 0 saturated carbocycles. The van der Waals surface area contributed by atoms with Crippen LogP contribution in [-0.2, 0) is 0 Å². The van der Waals surface area contributed by atoms with Gasteiger partial charge < -0.3 is 5.11 Å². The second-order valence-electron chi connectivity index (χ2n) is 5.13. The molecule has 2 aromatic carbocycles. The Labute approximate surface area is 137 Å². The zero-order valence-electron chi connectivity index (χ0n) is 12.2. The summed E-state index contributed by atoms with van der Waals surface area (Å²) in [6.07, 6.45) is 1.56. The molecule has 23 heavy (non-hydrogen) atoms. The fraction of sp³-hybridized carbons (Fsp3) is 0.0556. The molecule has 4 nitrogen and oxygen atoms in total. The molecule has 1 N–H and O–H groups in total. The number of fused-ring (bicyclic) bond motifs is 1. The van der Waals surface area contributed by atoms with E-state index >= 15 is 0 Å². The lowest BCUT2D eigenvalue weighted by molar-refractivity contribution is 0.0697. The summed E-state index contributed by atoms with van der Waals surface area (Å²) in [5.41, 5.74) is 3.13. The molecule has 0 saturated heterocycles. The van der Waals surface area contributed by atoms with Gasteiger partial charge in [0.1, 0.15) is 0 Å². The van der Waals surface area contributed by atoms with Crippen LogP contribution in [0, 0.1) is 13.5 Å². The van der Waals surface area contributed by atoms with Gasteiger partial charge in [-0.15, -0.1) is 0 Å². The molecule has 0 aliphatic carbocycles. The first-order valence-electron chi connectivity index (χ1n) is 6.81. The predicted octanol–water partition coefficient (Wildman–Crippen LogP) is 5.11. The smallest absolute Gasteiger partial charge is 0.335 e. The minimum absolute atomic E-state index is 0.179. The maximum atomic E-state index is 11.2. The van der Waals surface area contributed by atoms with E-state index in [1.807, 2.05) is 13.0 Å². The van der Waals surface area contributed by atoms with Crippen LogP contribution >= 0.6 is 11.6 Å². The fourth-order valence-electron chi connectivity index (χ4n) is 2.54. The third-order valence-electron chi connectivity index (χ3n) is 3.68. The molecular formula is C18H11ClN2O2. The normalized spacial score (nSPS) is 10.5. The number of aromatic carboxylic acids is 1. The van der Waals surface area contributed by atoms with E-state index in [0.717, 1.165) is 16.5 Å². The number of carboxylic acid groups (broad SMARTS) is 1. The Morgan fingerprint density at radius 3 is 2.65 bits per heavy atom. The highest BCUT2D eigenvalue weighted by Gasteiger charge is 2.13. The number of halogens is 1. The van der Waals surface area contributed by atoms with E-state index in [2.05, 4.69) is 9.83 Å². The monoisotopic (exact) mass is 322 g/mol. The van der Waals surface area contributed by atoms with Crippen LogP contribution in [0.3, 0.4) is 0 Å². The third kappa shape index (κ3) is 2.63. The highest BCUT2D eigenvalue weighted by Crippen LogP contribution is 2.34. The van der Waals surface area contributed by atoms with Gasteiger partial charge in [-0.3, -0.25) is 4.98 Å². The molecule has 0 bridgehead atoms. The van der Waals surface area contributed by atoms with Crippen LogP contribution in [0.15, 0.2) is 42.6 Å². The Hall–Kier alpha value is -2.90. The molecule has 0 fully saturated rings. The minimum Gasteiger partial charge on any atom is -0.478 e. The van der Waals surface area contributed by atoms with Gasteiger partial charge in [0.15, 0.2) is 5.69 Å². The predicted molar refractivity (Wildman–Crippen MR) is 90.1 cm³/mol. The summed E-state index contributed by atoms with van der Waals surface area (Å²) >= 11 is 6.19. The zero-order valence-corrected chi connectivity index (χ0v) is 12.9. The first-order valence-corrected chi connectivity index (χ1v) is 7.19. The Balaban J connectivity index is 2.33. The summed E-state index contributed by atoms with van der Waals surface area (Å²) in [7, 11) is 0. The van der Waals surface area contributed by atoms with E-state index in [4.69, 9.17) is 18.2 Å². The van der Waals surface area contributed by atoms with Gasteiger partial charge in [-0.25, -0.2) is 9.64 Å². The number of aryl methyl sites for hydroxylation is 1. The molecule has 0 amide bonds. The van der Waals surface area contributed by atoms with E-state index < -0.39 is 5.97 Å². The largest absolute Gasteiger partial charge is 0.478 e. The van der Waals surface area contributed by atoms with Crippen molar-refractivity contribution in [3.8, 4) is 11.3 Å². The Morgan fingerprint density at radius 2 is 2.00 bits per heavy atom. The van der Waals surface area contributed by atoms with Crippen LogP contribution < -0.4 is 0 Å². The number of carboxylic acids is 1. The van der Waals surface area contributed by atoms with Crippen LogP contribution in [0.4, 0.5) is 5.69 Å². The SMILES string of the molecule is [C-]#[N+]c1ccc(-c2ncc(Cl)c3ccc(C(=O)O)cc23)c(C)c1. The Bertz CT molecular complexity index is 990. The van der Waals surface area contributed by atoms with Gasteiger partial charge in [0.25, 0.3) is 0 Å². The number of pyridine rings is 1. The number of rotatable bonds is 2. The average molecular weight is 323 g/mol. The maximum Gasteiger partial charge on any atom is 0.335 e. The van der Waals surface area contributed by atoms with Crippen LogP contribution in [0.1, 0.15) is 15.9 Å². The molecule has 5 heteroatoms. The van der Waals surface area contributed by atoms with Crippen LogP contribution in [0.5, 0.6) is 0 Å². The number of benzene rings is 2. The Kier molecular flexibility index (Phi) is 3.73. The van der Waals surface area contributed by atoms with Gasteiger partial charge in [-0.1, -0.05) is 41.4 Å². The number of hydrogen-bond donors (Lipinski definition) is 1. The fourth-order valence-corrected chi connectivity index (χ4v) is 2.75.